The van der Waals surface area contributed by atoms with Crippen LogP contribution in [0, 0.1) is 0 Å². The maximum absolute atomic E-state index is 9.93. The zero-order chi connectivity index (χ0) is 14.3. The van der Waals surface area contributed by atoms with E-state index in [4.69, 9.17) is 0 Å². The molecule has 1 N–H and O–H groups in total. The van der Waals surface area contributed by atoms with Gasteiger partial charge in [-0.05, 0) is 31.2 Å². The molecule has 0 saturated heterocycles. The first-order valence-corrected chi connectivity index (χ1v) is 5.75. The molecular weight excluding hydrogens is 238 g/mol. The number of hydrogen-bond acceptors (Lipinski definition) is 3. The molecular formula is C15H17N3O. The Morgan fingerprint density at radius 3 is 2.26 bits per heavy atom. The molecule has 0 radical (unpaired) electrons. The van der Waals surface area contributed by atoms with E-state index in [1.807, 2.05) is 19.1 Å². The van der Waals surface area contributed by atoms with Crippen LogP contribution in [0.1, 0.15) is 18.3 Å². The van der Waals surface area contributed by atoms with Crippen LogP contribution in [0.2, 0.25) is 0 Å². The number of allylic oxidation sites excluding steroid dienone is 6. The van der Waals surface area contributed by atoms with Crippen LogP contribution in [0.15, 0.2) is 55.9 Å². The maximum atomic E-state index is 9.93. The van der Waals surface area contributed by atoms with Crippen molar-refractivity contribution in [2.45, 2.75) is 6.92 Å². The van der Waals surface area contributed by atoms with Crippen molar-refractivity contribution >= 4 is 17.8 Å². The Hall–Kier alpha value is -2.62. The number of rotatable bonds is 6. The molecule has 0 aliphatic rings. The summed E-state index contributed by atoms with van der Waals surface area (Å²) in [6.07, 6.45) is 11.4. The third-order valence-corrected chi connectivity index (χ3v) is 2.21. The van der Waals surface area contributed by atoms with Gasteiger partial charge in [0.05, 0.1) is 0 Å². The highest BCUT2D eigenvalue weighted by Crippen LogP contribution is 2.15. The Bertz CT molecular complexity index is 574. The zero-order valence-electron chi connectivity index (χ0n) is 11.0. The van der Waals surface area contributed by atoms with Gasteiger partial charge in [-0.1, -0.05) is 38.0 Å². The van der Waals surface area contributed by atoms with Gasteiger partial charge in [-0.25, -0.2) is 0 Å². The SMILES string of the molecule is C=C/C=C(O)\C(=C/C=C)n1nc(C=C)c(/C=C\C)n1. The molecule has 1 aromatic heterocycles. The average molecular weight is 255 g/mol. The number of aromatic nitrogens is 3. The first kappa shape index (κ1) is 14.4. The number of nitrogens with zero attached hydrogens (tertiary/aromatic N) is 3. The molecule has 1 rings (SSSR count). The van der Waals surface area contributed by atoms with Gasteiger partial charge in [-0.2, -0.15) is 0 Å². The Morgan fingerprint density at radius 2 is 1.74 bits per heavy atom. The molecule has 0 fully saturated rings. The Morgan fingerprint density at radius 1 is 1.11 bits per heavy atom. The Balaban J connectivity index is 3.36. The van der Waals surface area contributed by atoms with E-state index in [-0.39, 0.29) is 5.76 Å². The van der Waals surface area contributed by atoms with Gasteiger partial charge >= 0.3 is 0 Å². The molecule has 0 aliphatic carbocycles. The highest BCUT2D eigenvalue weighted by Gasteiger charge is 2.11. The second-order valence-electron chi connectivity index (χ2n) is 3.54. The van der Waals surface area contributed by atoms with E-state index in [9.17, 15) is 5.11 Å². The van der Waals surface area contributed by atoms with Crippen molar-refractivity contribution in [2.24, 2.45) is 0 Å². The van der Waals surface area contributed by atoms with Gasteiger partial charge in [-0.3, -0.25) is 0 Å². The van der Waals surface area contributed by atoms with Crippen molar-refractivity contribution in [1.82, 2.24) is 15.0 Å². The van der Waals surface area contributed by atoms with Crippen molar-refractivity contribution in [3.05, 3.63) is 67.3 Å². The fourth-order valence-corrected chi connectivity index (χ4v) is 1.42. The van der Waals surface area contributed by atoms with Crippen LogP contribution in [0.5, 0.6) is 0 Å². The molecule has 0 aromatic carbocycles. The van der Waals surface area contributed by atoms with E-state index in [0.717, 1.165) is 0 Å². The third kappa shape index (κ3) is 3.42. The summed E-state index contributed by atoms with van der Waals surface area (Å²) in [6.45, 7) is 12.7. The molecule has 0 amide bonds. The summed E-state index contributed by atoms with van der Waals surface area (Å²) < 4.78 is 0. The standard InChI is InChI=1S/C15H17N3O/c1-5-9-13-12(8-4)16-18(17-13)14(10-6-2)15(19)11-7-3/h5-11,19H,2-4H2,1H3/b9-5-,14-10+,15-11+. The normalized spacial score (nSPS) is 12.7. The molecule has 1 heterocycles. The fraction of sp³-hybridized carbons (Fsp3) is 0.0667. The summed E-state index contributed by atoms with van der Waals surface area (Å²) in [5, 5.41) is 18.5. The summed E-state index contributed by atoms with van der Waals surface area (Å²) >= 11 is 0. The smallest absolute Gasteiger partial charge is 0.143 e. The van der Waals surface area contributed by atoms with Gasteiger partial charge < -0.3 is 5.11 Å². The van der Waals surface area contributed by atoms with Crippen molar-refractivity contribution in [1.29, 1.82) is 0 Å². The maximum Gasteiger partial charge on any atom is 0.143 e. The highest BCUT2D eigenvalue weighted by atomic mass is 16.3. The highest BCUT2D eigenvalue weighted by molar-refractivity contribution is 5.64. The zero-order valence-corrected chi connectivity index (χ0v) is 11.0. The van der Waals surface area contributed by atoms with Crippen molar-refractivity contribution in [2.75, 3.05) is 0 Å². The van der Waals surface area contributed by atoms with Crippen LogP contribution in [-0.4, -0.2) is 20.1 Å². The predicted molar refractivity (Wildman–Crippen MR) is 80.2 cm³/mol. The lowest BCUT2D eigenvalue weighted by atomic mass is 10.3. The van der Waals surface area contributed by atoms with Crippen molar-refractivity contribution in [3.8, 4) is 0 Å². The van der Waals surface area contributed by atoms with Gasteiger partial charge in [0.25, 0.3) is 0 Å². The molecule has 0 unspecified atom stereocenters. The minimum absolute atomic E-state index is 0.00698. The Kier molecular flexibility index (Phi) is 5.29. The van der Waals surface area contributed by atoms with Crippen LogP contribution in [0.25, 0.3) is 17.8 Å². The van der Waals surface area contributed by atoms with Crippen molar-refractivity contribution in [3.63, 3.8) is 0 Å². The van der Waals surface area contributed by atoms with Crippen LogP contribution in [0.3, 0.4) is 0 Å². The van der Waals surface area contributed by atoms with Crippen LogP contribution >= 0.6 is 0 Å². The fourth-order valence-electron chi connectivity index (χ4n) is 1.42. The third-order valence-electron chi connectivity index (χ3n) is 2.21. The van der Waals surface area contributed by atoms with Crippen molar-refractivity contribution < 1.29 is 5.11 Å². The summed E-state index contributed by atoms with van der Waals surface area (Å²) in [5.74, 6) is 0.00698. The average Bonchev–Trinajstić information content (AvgIpc) is 2.79. The van der Waals surface area contributed by atoms with Gasteiger partial charge in [0.2, 0.25) is 0 Å². The molecule has 0 spiro atoms. The first-order valence-electron chi connectivity index (χ1n) is 5.75. The Labute approximate surface area is 113 Å². The van der Waals surface area contributed by atoms with Crippen LogP contribution < -0.4 is 0 Å². The number of aliphatic hydroxyl groups excluding tert-OH is 1. The van der Waals surface area contributed by atoms with E-state index >= 15 is 0 Å². The summed E-state index contributed by atoms with van der Waals surface area (Å²) in [4.78, 5) is 1.34. The van der Waals surface area contributed by atoms with Crippen LogP contribution in [0.4, 0.5) is 0 Å². The second-order valence-corrected chi connectivity index (χ2v) is 3.54. The van der Waals surface area contributed by atoms with E-state index < -0.39 is 0 Å². The molecule has 1 aromatic rings. The second kappa shape index (κ2) is 6.96. The number of aliphatic hydroxyl groups is 1. The minimum atomic E-state index is 0.00698. The van der Waals surface area contributed by atoms with Gasteiger partial charge in [0.15, 0.2) is 0 Å². The molecule has 0 bridgehead atoms. The monoisotopic (exact) mass is 255 g/mol. The predicted octanol–water partition coefficient (Wildman–Crippen LogP) is 3.61. The van der Waals surface area contributed by atoms with E-state index in [1.54, 1.807) is 18.2 Å². The molecule has 4 nitrogen and oxygen atoms in total. The topological polar surface area (TPSA) is 50.9 Å². The van der Waals surface area contributed by atoms with E-state index in [0.29, 0.717) is 17.1 Å². The summed E-state index contributed by atoms with van der Waals surface area (Å²) in [6, 6.07) is 0. The molecule has 98 valence electrons. The number of hydrogen-bond donors (Lipinski definition) is 1. The first-order chi connectivity index (χ1) is 9.17. The summed E-state index contributed by atoms with van der Waals surface area (Å²) in [7, 11) is 0. The lowest BCUT2D eigenvalue weighted by Gasteiger charge is -2.03. The molecule has 0 aliphatic heterocycles. The molecule has 4 heteroatoms. The van der Waals surface area contributed by atoms with Gasteiger partial charge in [0, 0.05) is 0 Å². The lowest BCUT2D eigenvalue weighted by molar-refractivity contribution is 0.428. The summed E-state index contributed by atoms with van der Waals surface area (Å²) in [5.41, 5.74) is 1.73. The molecule has 0 saturated carbocycles. The molecule has 19 heavy (non-hydrogen) atoms. The van der Waals surface area contributed by atoms with E-state index in [1.165, 1.54) is 16.9 Å². The largest absolute Gasteiger partial charge is 0.506 e. The van der Waals surface area contributed by atoms with Crippen LogP contribution in [-0.2, 0) is 0 Å². The van der Waals surface area contributed by atoms with Gasteiger partial charge in [0.1, 0.15) is 22.8 Å². The lowest BCUT2D eigenvalue weighted by Crippen LogP contribution is -2.04. The minimum Gasteiger partial charge on any atom is -0.506 e. The van der Waals surface area contributed by atoms with E-state index in [2.05, 4.69) is 29.9 Å². The quantitative estimate of drug-likeness (QED) is 0.624. The molecule has 0 atom stereocenters. The van der Waals surface area contributed by atoms with Gasteiger partial charge in [-0.15, -0.1) is 15.0 Å².